The van der Waals surface area contributed by atoms with E-state index in [1.54, 1.807) is 0 Å². The molecule has 4 heteroatoms. The maximum absolute atomic E-state index is 9.31. The van der Waals surface area contributed by atoms with Gasteiger partial charge in [0.05, 0.1) is 19.8 Å². The number of benzene rings is 1. The summed E-state index contributed by atoms with van der Waals surface area (Å²) in [5.41, 5.74) is 1.76. The van der Waals surface area contributed by atoms with Gasteiger partial charge in [0.2, 0.25) is 0 Å². The smallest absolute Gasteiger partial charge is 0.124 e. The summed E-state index contributed by atoms with van der Waals surface area (Å²) in [6.45, 7) is 7.93. The lowest BCUT2D eigenvalue weighted by Crippen LogP contribution is -2.21. The van der Waals surface area contributed by atoms with Crippen molar-refractivity contribution in [2.45, 2.75) is 33.4 Å². The van der Waals surface area contributed by atoms with Gasteiger partial charge in [-0.05, 0) is 39.0 Å². The largest absolute Gasteiger partial charge is 0.494 e. The molecule has 2 N–H and O–H groups in total. The zero-order chi connectivity index (χ0) is 13.4. The van der Waals surface area contributed by atoms with Crippen molar-refractivity contribution in [1.29, 1.82) is 0 Å². The first-order valence-electron chi connectivity index (χ1n) is 6.42. The predicted molar refractivity (Wildman–Crippen MR) is 73.1 cm³/mol. The molecule has 0 saturated heterocycles. The monoisotopic (exact) mass is 253 g/mol. The second-order valence-corrected chi connectivity index (χ2v) is 4.12. The van der Waals surface area contributed by atoms with E-state index >= 15 is 0 Å². The Balaban J connectivity index is 2.66. The number of aliphatic hydroxyl groups excluding tert-OH is 1. The molecule has 18 heavy (non-hydrogen) atoms. The highest BCUT2D eigenvalue weighted by Crippen LogP contribution is 2.23. The molecule has 0 aromatic heterocycles. The predicted octanol–water partition coefficient (Wildman–Crippen LogP) is 2.41. The summed E-state index contributed by atoms with van der Waals surface area (Å²) in [7, 11) is 0. The molecule has 102 valence electrons. The zero-order valence-corrected chi connectivity index (χ0v) is 11.4. The van der Waals surface area contributed by atoms with Gasteiger partial charge in [0.15, 0.2) is 0 Å². The van der Waals surface area contributed by atoms with Crippen molar-refractivity contribution in [1.82, 2.24) is 0 Å². The van der Waals surface area contributed by atoms with E-state index < -0.39 is 0 Å². The number of nitrogens with one attached hydrogen (secondary N) is 1. The van der Waals surface area contributed by atoms with Crippen molar-refractivity contribution in [3.8, 4) is 5.75 Å². The van der Waals surface area contributed by atoms with E-state index in [1.807, 2.05) is 32.0 Å². The van der Waals surface area contributed by atoms with Crippen molar-refractivity contribution in [2.24, 2.45) is 0 Å². The van der Waals surface area contributed by atoms with E-state index in [1.165, 1.54) is 0 Å². The fourth-order valence-electron chi connectivity index (χ4n) is 1.71. The van der Waals surface area contributed by atoms with Crippen LogP contribution in [0.1, 0.15) is 26.3 Å². The first-order chi connectivity index (χ1) is 8.71. The first kappa shape index (κ1) is 14.8. The molecular formula is C14H23NO3. The van der Waals surface area contributed by atoms with Crippen LogP contribution in [0.15, 0.2) is 18.2 Å². The van der Waals surface area contributed by atoms with Crippen LogP contribution < -0.4 is 10.1 Å². The summed E-state index contributed by atoms with van der Waals surface area (Å²) in [6.07, 6.45) is 0. The van der Waals surface area contributed by atoms with Gasteiger partial charge in [0.25, 0.3) is 0 Å². The van der Waals surface area contributed by atoms with Crippen LogP contribution in [-0.4, -0.2) is 31.0 Å². The van der Waals surface area contributed by atoms with Gasteiger partial charge in [-0.1, -0.05) is 0 Å². The molecule has 0 amide bonds. The van der Waals surface area contributed by atoms with Gasteiger partial charge in [-0.3, -0.25) is 0 Å². The third kappa shape index (κ3) is 4.55. The van der Waals surface area contributed by atoms with Crippen LogP contribution in [0.25, 0.3) is 0 Å². The molecule has 0 radical (unpaired) electrons. The van der Waals surface area contributed by atoms with Crippen molar-refractivity contribution in [2.75, 3.05) is 25.1 Å². The quantitative estimate of drug-likeness (QED) is 0.747. The number of hydrogen-bond acceptors (Lipinski definition) is 4. The second kappa shape index (κ2) is 7.95. The van der Waals surface area contributed by atoms with Crippen LogP contribution in [0.3, 0.4) is 0 Å². The van der Waals surface area contributed by atoms with Gasteiger partial charge in [0, 0.05) is 23.9 Å². The Morgan fingerprint density at radius 1 is 1.28 bits per heavy atom. The summed E-state index contributed by atoms with van der Waals surface area (Å²) in [5, 5.41) is 12.6. The van der Waals surface area contributed by atoms with Crippen molar-refractivity contribution in [3.05, 3.63) is 23.8 Å². The van der Waals surface area contributed by atoms with Crippen molar-refractivity contribution < 1.29 is 14.6 Å². The van der Waals surface area contributed by atoms with E-state index in [4.69, 9.17) is 9.47 Å². The average molecular weight is 253 g/mol. The summed E-state index contributed by atoms with van der Waals surface area (Å²) >= 11 is 0. The zero-order valence-electron chi connectivity index (χ0n) is 11.4. The molecule has 0 aliphatic rings. The Morgan fingerprint density at radius 3 is 2.67 bits per heavy atom. The minimum Gasteiger partial charge on any atom is -0.494 e. The van der Waals surface area contributed by atoms with E-state index in [0.717, 1.165) is 23.6 Å². The molecule has 1 rings (SSSR count). The van der Waals surface area contributed by atoms with Crippen LogP contribution >= 0.6 is 0 Å². The minimum absolute atomic E-state index is 0.0231. The molecular weight excluding hydrogens is 230 g/mol. The Morgan fingerprint density at radius 2 is 2.06 bits per heavy atom. The third-order valence-electron chi connectivity index (χ3n) is 2.52. The summed E-state index contributed by atoms with van der Waals surface area (Å²) in [5.74, 6) is 0.739. The molecule has 0 aliphatic carbocycles. The molecule has 0 saturated carbocycles. The average Bonchev–Trinajstić information content (AvgIpc) is 2.38. The number of rotatable bonds is 8. The topological polar surface area (TPSA) is 50.7 Å². The molecule has 1 atom stereocenters. The van der Waals surface area contributed by atoms with E-state index in [2.05, 4.69) is 12.2 Å². The molecule has 0 bridgehead atoms. The normalized spacial score (nSPS) is 12.2. The van der Waals surface area contributed by atoms with Gasteiger partial charge in [0.1, 0.15) is 5.75 Å². The van der Waals surface area contributed by atoms with E-state index in [9.17, 15) is 5.11 Å². The van der Waals surface area contributed by atoms with E-state index in [-0.39, 0.29) is 12.6 Å². The lowest BCUT2D eigenvalue weighted by atomic mass is 10.1. The highest BCUT2D eigenvalue weighted by atomic mass is 16.5. The molecule has 4 nitrogen and oxygen atoms in total. The Bertz CT molecular complexity index is 355. The van der Waals surface area contributed by atoms with Crippen LogP contribution in [0, 0.1) is 0 Å². The van der Waals surface area contributed by atoms with Crippen LogP contribution in [0.2, 0.25) is 0 Å². The number of aliphatic hydroxyl groups is 1. The van der Waals surface area contributed by atoms with Crippen molar-refractivity contribution in [3.63, 3.8) is 0 Å². The highest BCUT2D eigenvalue weighted by molar-refractivity contribution is 5.51. The number of hydrogen-bond donors (Lipinski definition) is 2. The molecule has 0 spiro atoms. The third-order valence-corrected chi connectivity index (χ3v) is 2.52. The summed E-state index contributed by atoms with van der Waals surface area (Å²) in [6, 6.07) is 5.97. The molecule has 0 fully saturated rings. The van der Waals surface area contributed by atoms with Gasteiger partial charge in [-0.25, -0.2) is 0 Å². The molecule has 1 unspecified atom stereocenters. The lowest BCUT2D eigenvalue weighted by molar-refractivity contribution is 0.141. The SMILES string of the molecule is CCOCC(C)Nc1ccc(OCC)c(CO)c1. The lowest BCUT2D eigenvalue weighted by Gasteiger charge is -2.17. The van der Waals surface area contributed by atoms with Crippen LogP contribution in [0.5, 0.6) is 5.75 Å². The maximum atomic E-state index is 9.31. The number of ether oxygens (including phenoxy) is 2. The Kier molecular flexibility index (Phi) is 6.54. The molecule has 1 aromatic rings. The first-order valence-corrected chi connectivity index (χ1v) is 6.42. The highest BCUT2D eigenvalue weighted by Gasteiger charge is 2.06. The molecule has 0 aliphatic heterocycles. The standard InChI is InChI=1S/C14H23NO3/c1-4-17-10-11(3)15-13-6-7-14(18-5-2)12(8-13)9-16/h6-8,11,15-16H,4-5,9-10H2,1-3H3. The minimum atomic E-state index is -0.0231. The maximum Gasteiger partial charge on any atom is 0.124 e. The Hall–Kier alpha value is -1.26. The fourth-order valence-corrected chi connectivity index (χ4v) is 1.71. The summed E-state index contributed by atoms with van der Waals surface area (Å²) in [4.78, 5) is 0. The van der Waals surface area contributed by atoms with Gasteiger partial charge < -0.3 is 19.9 Å². The summed E-state index contributed by atoms with van der Waals surface area (Å²) < 4.78 is 10.8. The Labute approximate surface area is 109 Å². The van der Waals surface area contributed by atoms with Crippen LogP contribution in [0.4, 0.5) is 5.69 Å². The van der Waals surface area contributed by atoms with Crippen LogP contribution in [-0.2, 0) is 11.3 Å². The second-order valence-electron chi connectivity index (χ2n) is 4.12. The van der Waals surface area contributed by atoms with Gasteiger partial charge in [-0.15, -0.1) is 0 Å². The molecule has 1 aromatic carbocycles. The van der Waals surface area contributed by atoms with E-state index in [0.29, 0.717) is 13.2 Å². The van der Waals surface area contributed by atoms with Gasteiger partial charge in [-0.2, -0.15) is 0 Å². The number of anilines is 1. The van der Waals surface area contributed by atoms with Gasteiger partial charge >= 0.3 is 0 Å². The fraction of sp³-hybridized carbons (Fsp3) is 0.571. The van der Waals surface area contributed by atoms with Crippen molar-refractivity contribution >= 4 is 5.69 Å². The molecule has 0 heterocycles.